The largest absolute Gasteiger partial charge is 0.467 e. The average Bonchev–Trinajstić information content (AvgIpc) is 3.63. The SMILES string of the molecule is Cn1cc(CC(=O)N(Cc2ccco2)c2ncc(C(=O)NCc3ccn4ccnc4c3)s2)cn1. The number of nitrogens with zero attached hydrogens (tertiary/aromatic N) is 6. The van der Waals surface area contributed by atoms with Gasteiger partial charge in [-0.25, -0.2) is 9.97 Å². The topological polar surface area (TPSA) is 111 Å². The highest BCUT2D eigenvalue weighted by Gasteiger charge is 2.23. The molecule has 5 aromatic heterocycles. The van der Waals surface area contributed by atoms with Gasteiger partial charge in [0, 0.05) is 38.4 Å². The number of amides is 2. The lowest BCUT2D eigenvalue weighted by Crippen LogP contribution is -2.31. The molecule has 0 aliphatic heterocycles. The number of hydrogen-bond acceptors (Lipinski definition) is 7. The summed E-state index contributed by atoms with van der Waals surface area (Å²) >= 11 is 1.16. The standard InChI is InChI=1S/C23H21N7O3S/c1-28-14-17(12-27-28)10-21(31)30(15-18-3-2-8-33-18)23-26-13-19(34-23)22(32)25-11-16-4-6-29-7-5-24-20(29)9-16/h2-9,12-14H,10-11,15H2,1H3,(H,25,32). The van der Waals surface area contributed by atoms with Crippen LogP contribution in [0.1, 0.15) is 26.6 Å². The predicted octanol–water partition coefficient (Wildman–Crippen LogP) is 2.82. The Kier molecular flexibility index (Phi) is 5.91. The van der Waals surface area contributed by atoms with Crippen molar-refractivity contribution in [3.8, 4) is 0 Å². The number of thiazole rings is 1. The van der Waals surface area contributed by atoms with Crippen molar-refractivity contribution in [2.45, 2.75) is 19.5 Å². The molecular formula is C23H21N7O3S. The van der Waals surface area contributed by atoms with Crippen LogP contribution >= 0.6 is 11.3 Å². The summed E-state index contributed by atoms with van der Waals surface area (Å²) in [5.74, 6) is 0.193. The van der Waals surface area contributed by atoms with E-state index >= 15 is 0 Å². The fraction of sp³-hybridized carbons (Fsp3) is 0.174. The maximum atomic E-state index is 13.1. The highest BCUT2D eigenvalue weighted by molar-refractivity contribution is 7.17. The van der Waals surface area contributed by atoms with E-state index in [-0.39, 0.29) is 24.8 Å². The van der Waals surface area contributed by atoms with Crippen LogP contribution in [-0.2, 0) is 31.4 Å². The summed E-state index contributed by atoms with van der Waals surface area (Å²) in [6.45, 7) is 0.566. The number of aryl methyl sites for hydroxylation is 1. The number of carbonyl (C=O) groups is 2. The van der Waals surface area contributed by atoms with Crippen LogP contribution < -0.4 is 10.2 Å². The average molecular weight is 476 g/mol. The van der Waals surface area contributed by atoms with Gasteiger partial charge in [-0.05, 0) is 35.4 Å². The molecule has 0 aliphatic carbocycles. The monoisotopic (exact) mass is 475 g/mol. The van der Waals surface area contributed by atoms with Crippen molar-refractivity contribution < 1.29 is 14.0 Å². The summed E-state index contributed by atoms with van der Waals surface area (Å²) in [5.41, 5.74) is 2.54. The fourth-order valence-corrected chi connectivity index (χ4v) is 4.33. The van der Waals surface area contributed by atoms with E-state index in [4.69, 9.17) is 4.42 Å². The van der Waals surface area contributed by atoms with Crippen molar-refractivity contribution in [2.75, 3.05) is 4.90 Å². The number of imidazole rings is 1. The van der Waals surface area contributed by atoms with Crippen LogP contribution in [-0.4, -0.2) is 36.0 Å². The molecule has 0 spiro atoms. The third kappa shape index (κ3) is 4.74. The fourth-order valence-electron chi connectivity index (χ4n) is 3.48. The molecule has 5 aromatic rings. The molecule has 1 N–H and O–H groups in total. The van der Waals surface area contributed by atoms with Gasteiger partial charge in [-0.3, -0.25) is 19.2 Å². The van der Waals surface area contributed by atoms with Gasteiger partial charge in [-0.1, -0.05) is 11.3 Å². The van der Waals surface area contributed by atoms with Gasteiger partial charge in [0.15, 0.2) is 5.13 Å². The highest BCUT2D eigenvalue weighted by atomic mass is 32.1. The Morgan fingerprint density at radius 1 is 1.18 bits per heavy atom. The van der Waals surface area contributed by atoms with Gasteiger partial charge in [0.25, 0.3) is 5.91 Å². The Bertz CT molecular complexity index is 1430. The minimum Gasteiger partial charge on any atom is -0.467 e. The lowest BCUT2D eigenvalue weighted by Gasteiger charge is -2.18. The Labute approximate surface area is 198 Å². The van der Waals surface area contributed by atoms with E-state index < -0.39 is 0 Å². The van der Waals surface area contributed by atoms with Gasteiger partial charge in [0.1, 0.15) is 16.3 Å². The van der Waals surface area contributed by atoms with Gasteiger partial charge < -0.3 is 14.1 Å². The molecule has 0 aliphatic rings. The smallest absolute Gasteiger partial charge is 0.263 e. The van der Waals surface area contributed by atoms with E-state index in [0.717, 1.165) is 28.1 Å². The molecule has 172 valence electrons. The number of rotatable bonds is 8. The quantitative estimate of drug-likeness (QED) is 0.370. The molecule has 10 nitrogen and oxygen atoms in total. The number of anilines is 1. The zero-order chi connectivity index (χ0) is 23.5. The lowest BCUT2D eigenvalue weighted by molar-refractivity contribution is -0.118. The zero-order valence-corrected chi connectivity index (χ0v) is 19.1. The van der Waals surface area contributed by atoms with Gasteiger partial charge in [-0.2, -0.15) is 5.10 Å². The number of pyridine rings is 1. The van der Waals surface area contributed by atoms with Gasteiger partial charge in [-0.15, -0.1) is 0 Å². The summed E-state index contributed by atoms with van der Waals surface area (Å²) in [5, 5.41) is 7.45. The van der Waals surface area contributed by atoms with E-state index in [1.807, 2.05) is 28.9 Å². The summed E-state index contributed by atoms with van der Waals surface area (Å²) < 4.78 is 8.98. The minimum absolute atomic E-state index is 0.159. The third-order valence-electron chi connectivity index (χ3n) is 5.17. The number of fused-ring (bicyclic) bond motifs is 1. The molecule has 0 fully saturated rings. The number of aromatic nitrogens is 5. The van der Waals surface area contributed by atoms with Crippen molar-refractivity contribution in [2.24, 2.45) is 7.05 Å². The van der Waals surface area contributed by atoms with E-state index in [1.165, 1.54) is 11.1 Å². The van der Waals surface area contributed by atoms with Gasteiger partial charge in [0.2, 0.25) is 5.91 Å². The predicted molar refractivity (Wildman–Crippen MR) is 125 cm³/mol. The number of furan rings is 1. The van der Waals surface area contributed by atoms with Crippen LogP contribution in [0.5, 0.6) is 0 Å². The second-order valence-electron chi connectivity index (χ2n) is 7.68. The van der Waals surface area contributed by atoms with E-state index in [2.05, 4.69) is 20.4 Å². The summed E-state index contributed by atoms with van der Waals surface area (Å²) in [4.78, 5) is 36.4. The summed E-state index contributed by atoms with van der Waals surface area (Å²) in [6, 6.07) is 7.40. The van der Waals surface area contributed by atoms with Gasteiger partial charge >= 0.3 is 0 Å². The van der Waals surface area contributed by atoms with Crippen molar-refractivity contribution in [1.29, 1.82) is 0 Å². The molecule has 2 amide bonds. The Balaban J connectivity index is 1.30. The molecule has 0 atom stereocenters. The van der Waals surface area contributed by atoms with Crippen LogP contribution in [0.2, 0.25) is 0 Å². The van der Waals surface area contributed by atoms with Gasteiger partial charge in [0.05, 0.1) is 31.6 Å². The van der Waals surface area contributed by atoms with Crippen LogP contribution in [0.4, 0.5) is 5.13 Å². The maximum absolute atomic E-state index is 13.1. The molecule has 0 unspecified atom stereocenters. The maximum Gasteiger partial charge on any atom is 0.263 e. The molecule has 0 bridgehead atoms. The van der Waals surface area contributed by atoms with Crippen molar-refractivity contribution >= 4 is 33.9 Å². The molecule has 0 radical (unpaired) electrons. The number of hydrogen-bond donors (Lipinski definition) is 1. The first kappa shape index (κ1) is 21.6. The Hall–Kier alpha value is -4.25. The van der Waals surface area contributed by atoms with E-state index in [9.17, 15) is 9.59 Å². The van der Waals surface area contributed by atoms with Crippen LogP contribution in [0, 0.1) is 0 Å². The lowest BCUT2D eigenvalue weighted by atomic mass is 10.2. The van der Waals surface area contributed by atoms with E-state index in [1.54, 1.807) is 48.7 Å². The molecule has 5 rings (SSSR count). The number of carbonyl (C=O) groups excluding carboxylic acids is 2. The first-order chi connectivity index (χ1) is 16.5. The second-order valence-corrected chi connectivity index (χ2v) is 8.68. The normalized spacial score (nSPS) is 11.1. The Morgan fingerprint density at radius 2 is 2.09 bits per heavy atom. The summed E-state index contributed by atoms with van der Waals surface area (Å²) in [7, 11) is 1.80. The number of nitrogens with one attached hydrogen (secondary N) is 1. The molecule has 11 heteroatoms. The van der Waals surface area contributed by atoms with Crippen LogP contribution in [0.3, 0.4) is 0 Å². The molecule has 34 heavy (non-hydrogen) atoms. The molecule has 0 saturated heterocycles. The van der Waals surface area contributed by atoms with Crippen LogP contribution in [0.15, 0.2) is 72.1 Å². The minimum atomic E-state index is -0.260. The van der Waals surface area contributed by atoms with Crippen molar-refractivity contribution in [3.05, 3.63) is 89.5 Å². The van der Waals surface area contributed by atoms with Crippen molar-refractivity contribution in [1.82, 2.24) is 29.5 Å². The van der Waals surface area contributed by atoms with Crippen molar-refractivity contribution in [3.63, 3.8) is 0 Å². The first-order valence-electron chi connectivity index (χ1n) is 10.5. The molecular weight excluding hydrogens is 454 g/mol. The highest BCUT2D eigenvalue weighted by Crippen LogP contribution is 2.25. The van der Waals surface area contributed by atoms with Crippen LogP contribution in [0.25, 0.3) is 5.65 Å². The molecule has 5 heterocycles. The summed E-state index contributed by atoms with van der Waals surface area (Å²) in [6.07, 6.45) is 12.1. The first-order valence-corrected chi connectivity index (χ1v) is 11.3. The van der Waals surface area contributed by atoms with E-state index in [0.29, 0.717) is 22.3 Å². The molecule has 0 saturated carbocycles. The molecule has 0 aromatic carbocycles. The second kappa shape index (κ2) is 9.32. The Morgan fingerprint density at radius 3 is 2.88 bits per heavy atom. The third-order valence-corrected chi connectivity index (χ3v) is 6.19. The zero-order valence-electron chi connectivity index (χ0n) is 18.3.